The predicted molar refractivity (Wildman–Crippen MR) is 40.2 cm³/mol. The number of rotatable bonds is 3. The lowest BCUT2D eigenvalue weighted by molar-refractivity contribution is -0.147. The van der Waals surface area contributed by atoms with E-state index in [2.05, 4.69) is 10.6 Å². The molecule has 2 amide bonds. The van der Waals surface area contributed by atoms with Gasteiger partial charge in [0.2, 0.25) is 0 Å². The SMILES string of the molecule is NNC(=O)C(F)(F)CN1CCOC1=O. The van der Waals surface area contributed by atoms with Crippen LogP contribution in [0.4, 0.5) is 13.6 Å². The van der Waals surface area contributed by atoms with Crippen molar-refractivity contribution < 1.29 is 23.1 Å². The first-order valence-electron chi connectivity index (χ1n) is 3.78. The maximum Gasteiger partial charge on any atom is 0.410 e. The van der Waals surface area contributed by atoms with Gasteiger partial charge in [0.15, 0.2) is 0 Å². The molecule has 0 spiro atoms. The van der Waals surface area contributed by atoms with Crippen molar-refractivity contribution in [2.75, 3.05) is 19.7 Å². The zero-order valence-electron chi connectivity index (χ0n) is 7.13. The molecule has 1 heterocycles. The first-order chi connectivity index (χ1) is 6.47. The molecule has 1 aliphatic heterocycles. The lowest BCUT2D eigenvalue weighted by atomic mass is 10.3. The first kappa shape index (κ1) is 10.6. The van der Waals surface area contributed by atoms with E-state index in [0.29, 0.717) is 0 Å². The van der Waals surface area contributed by atoms with Crippen LogP contribution >= 0.6 is 0 Å². The predicted octanol–water partition coefficient (Wildman–Crippen LogP) is -0.936. The van der Waals surface area contributed by atoms with Crippen molar-refractivity contribution in [3.8, 4) is 0 Å². The van der Waals surface area contributed by atoms with Gasteiger partial charge >= 0.3 is 17.9 Å². The van der Waals surface area contributed by atoms with E-state index in [0.717, 1.165) is 4.90 Å². The van der Waals surface area contributed by atoms with Crippen LogP contribution in [-0.2, 0) is 9.53 Å². The number of carbonyl (C=O) groups is 2. The minimum absolute atomic E-state index is 0.0479. The zero-order valence-corrected chi connectivity index (χ0v) is 7.13. The van der Waals surface area contributed by atoms with Crippen molar-refractivity contribution in [2.45, 2.75) is 5.92 Å². The van der Waals surface area contributed by atoms with Crippen molar-refractivity contribution >= 4 is 12.0 Å². The van der Waals surface area contributed by atoms with Crippen molar-refractivity contribution in [1.82, 2.24) is 10.3 Å². The lowest BCUT2D eigenvalue weighted by Gasteiger charge is -2.19. The zero-order chi connectivity index (χ0) is 10.8. The standard InChI is InChI=1S/C6H9F2N3O3/c7-6(8,4(12)10-9)3-11-1-2-14-5(11)13/h1-3,9H2,(H,10,12). The maximum atomic E-state index is 12.9. The second-order valence-electron chi connectivity index (χ2n) is 2.71. The van der Waals surface area contributed by atoms with E-state index in [1.165, 1.54) is 5.43 Å². The van der Waals surface area contributed by atoms with E-state index in [-0.39, 0.29) is 13.2 Å². The molecule has 14 heavy (non-hydrogen) atoms. The topological polar surface area (TPSA) is 84.7 Å². The smallest absolute Gasteiger partial charge is 0.410 e. The number of nitrogens with one attached hydrogen (secondary N) is 1. The van der Waals surface area contributed by atoms with Crippen molar-refractivity contribution in [2.24, 2.45) is 5.84 Å². The number of nitrogens with two attached hydrogens (primary N) is 1. The molecule has 0 aromatic heterocycles. The highest BCUT2D eigenvalue weighted by Crippen LogP contribution is 2.17. The van der Waals surface area contributed by atoms with Crippen LogP contribution in [-0.4, -0.2) is 42.5 Å². The third kappa shape index (κ3) is 2.08. The molecule has 1 saturated heterocycles. The number of amides is 2. The number of alkyl halides is 2. The summed E-state index contributed by atoms with van der Waals surface area (Å²) in [5.41, 5.74) is 1.33. The molecule has 3 N–H and O–H groups in total. The Morgan fingerprint density at radius 2 is 2.36 bits per heavy atom. The highest BCUT2D eigenvalue weighted by Gasteiger charge is 2.42. The molecule has 6 nitrogen and oxygen atoms in total. The number of hydrogen-bond donors (Lipinski definition) is 2. The van der Waals surface area contributed by atoms with Crippen molar-refractivity contribution in [3.63, 3.8) is 0 Å². The highest BCUT2D eigenvalue weighted by molar-refractivity contribution is 5.83. The van der Waals surface area contributed by atoms with Gasteiger partial charge in [-0.05, 0) is 0 Å². The Kier molecular flexibility index (Phi) is 2.84. The second kappa shape index (κ2) is 3.74. The Balaban J connectivity index is 2.58. The lowest BCUT2D eigenvalue weighted by Crippen LogP contribution is -2.50. The van der Waals surface area contributed by atoms with Crippen molar-refractivity contribution in [3.05, 3.63) is 0 Å². The van der Waals surface area contributed by atoms with Crippen LogP contribution in [0, 0.1) is 0 Å². The number of halogens is 2. The largest absolute Gasteiger partial charge is 0.448 e. The Morgan fingerprint density at radius 1 is 1.71 bits per heavy atom. The molecule has 0 aromatic rings. The van der Waals surface area contributed by atoms with Crippen LogP contribution in [0.25, 0.3) is 0 Å². The minimum Gasteiger partial charge on any atom is -0.448 e. The Hall–Kier alpha value is -1.44. The maximum absolute atomic E-state index is 12.9. The van der Waals surface area contributed by atoms with Gasteiger partial charge < -0.3 is 4.74 Å². The molecule has 0 saturated carbocycles. The van der Waals surface area contributed by atoms with Gasteiger partial charge in [-0.25, -0.2) is 10.6 Å². The van der Waals surface area contributed by atoms with Gasteiger partial charge in [0, 0.05) is 0 Å². The van der Waals surface area contributed by atoms with Crippen LogP contribution in [0.15, 0.2) is 0 Å². The highest BCUT2D eigenvalue weighted by atomic mass is 19.3. The number of hydrogen-bond acceptors (Lipinski definition) is 4. The normalized spacial score (nSPS) is 16.8. The first-order valence-corrected chi connectivity index (χ1v) is 3.78. The van der Waals surface area contributed by atoms with Gasteiger partial charge in [0.25, 0.3) is 0 Å². The fourth-order valence-electron chi connectivity index (χ4n) is 0.986. The van der Waals surface area contributed by atoms with Crippen LogP contribution in [0.5, 0.6) is 0 Å². The summed E-state index contributed by atoms with van der Waals surface area (Å²) in [4.78, 5) is 22.1. The summed E-state index contributed by atoms with van der Waals surface area (Å²) in [6.07, 6.45) is -0.852. The summed E-state index contributed by atoms with van der Waals surface area (Å²) in [5.74, 6) is -0.771. The molecule has 0 bridgehead atoms. The number of cyclic esters (lactones) is 1. The third-order valence-corrected chi connectivity index (χ3v) is 1.70. The second-order valence-corrected chi connectivity index (χ2v) is 2.71. The van der Waals surface area contributed by atoms with Crippen LogP contribution in [0.2, 0.25) is 0 Å². The van der Waals surface area contributed by atoms with E-state index in [1.807, 2.05) is 0 Å². The summed E-state index contributed by atoms with van der Waals surface area (Å²) in [7, 11) is 0. The van der Waals surface area contributed by atoms with Crippen LogP contribution < -0.4 is 11.3 Å². The minimum atomic E-state index is -3.70. The molecular weight excluding hydrogens is 200 g/mol. The van der Waals surface area contributed by atoms with E-state index >= 15 is 0 Å². The van der Waals surface area contributed by atoms with E-state index in [1.54, 1.807) is 0 Å². The fourth-order valence-corrected chi connectivity index (χ4v) is 0.986. The van der Waals surface area contributed by atoms with Gasteiger partial charge in [0.05, 0.1) is 13.1 Å². The molecule has 1 aliphatic rings. The summed E-state index contributed by atoms with van der Waals surface area (Å²) < 4.78 is 30.2. The summed E-state index contributed by atoms with van der Waals surface area (Å²) in [6.45, 7) is -0.916. The van der Waals surface area contributed by atoms with Gasteiger partial charge in [0.1, 0.15) is 6.61 Å². The fraction of sp³-hybridized carbons (Fsp3) is 0.667. The summed E-state index contributed by atoms with van der Waals surface area (Å²) in [5, 5.41) is 0. The Bertz CT molecular complexity index is 259. The van der Waals surface area contributed by atoms with Gasteiger partial charge in [-0.2, -0.15) is 8.78 Å². The van der Waals surface area contributed by atoms with Gasteiger partial charge in [-0.3, -0.25) is 15.1 Å². The average Bonchev–Trinajstić information content (AvgIpc) is 2.50. The third-order valence-electron chi connectivity index (χ3n) is 1.70. The Morgan fingerprint density at radius 3 is 2.79 bits per heavy atom. The molecule has 1 rings (SSSR count). The molecular formula is C6H9F2N3O3. The van der Waals surface area contributed by atoms with E-state index in [9.17, 15) is 18.4 Å². The molecule has 0 unspecified atom stereocenters. The monoisotopic (exact) mass is 209 g/mol. The van der Waals surface area contributed by atoms with Gasteiger partial charge in [-0.1, -0.05) is 0 Å². The molecule has 0 aliphatic carbocycles. The van der Waals surface area contributed by atoms with Crippen LogP contribution in [0.3, 0.4) is 0 Å². The summed E-state index contributed by atoms with van der Waals surface area (Å²) in [6, 6.07) is 0. The molecule has 80 valence electrons. The van der Waals surface area contributed by atoms with Crippen LogP contribution in [0.1, 0.15) is 0 Å². The molecule has 0 radical (unpaired) electrons. The molecule has 0 atom stereocenters. The number of carbonyl (C=O) groups excluding carboxylic acids is 2. The quantitative estimate of drug-likeness (QED) is 0.357. The molecule has 1 fully saturated rings. The average molecular weight is 209 g/mol. The number of hydrazine groups is 1. The Labute approximate surface area is 77.9 Å². The number of nitrogens with zero attached hydrogens (tertiary/aromatic N) is 1. The molecule has 8 heteroatoms. The van der Waals surface area contributed by atoms with Gasteiger partial charge in [-0.15, -0.1) is 0 Å². The summed E-state index contributed by atoms with van der Waals surface area (Å²) >= 11 is 0. The van der Waals surface area contributed by atoms with Crippen molar-refractivity contribution in [1.29, 1.82) is 0 Å². The molecule has 0 aromatic carbocycles. The number of ether oxygens (including phenoxy) is 1. The van der Waals surface area contributed by atoms with E-state index < -0.39 is 24.5 Å². The van der Waals surface area contributed by atoms with E-state index in [4.69, 9.17) is 0 Å².